The van der Waals surface area contributed by atoms with Gasteiger partial charge in [0.05, 0.1) is 24.2 Å². The van der Waals surface area contributed by atoms with Crippen LogP contribution in [0.25, 0.3) is 11.0 Å². The number of hydrogen-bond acceptors (Lipinski definition) is 6. The summed E-state index contributed by atoms with van der Waals surface area (Å²) in [6, 6.07) is 15.3. The normalized spacial score (nSPS) is 13.3. The second-order valence-electron chi connectivity index (χ2n) is 7.16. The molecular formula is C23H26N4O3. The SMILES string of the molecule is CCOc1ccccc1OCCCC(=O)N1CCN(C)c2nc3ccccc3nc21. The van der Waals surface area contributed by atoms with E-state index in [9.17, 15) is 4.79 Å². The van der Waals surface area contributed by atoms with E-state index >= 15 is 0 Å². The third-order valence-electron chi connectivity index (χ3n) is 5.05. The van der Waals surface area contributed by atoms with E-state index in [0.29, 0.717) is 44.2 Å². The molecular weight excluding hydrogens is 380 g/mol. The Morgan fingerprint density at radius 2 is 1.57 bits per heavy atom. The molecule has 156 valence electrons. The molecule has 0 spiro atoms. The molecule has 0 aliphatic carbocycles. The number of amides is 1. The summed E-state index contributed by atoms with van der Waals surface area (Å²) in [7, 11) is 1.98. The summed E-state index contributed by atoms with van der Waals surface area (Å²) in [4.78, 5) is 26.2. The molecule has 1 aliphatic heterocycles. The number of hydrogen-bond donors (Lipinski definition) is 0. The molecule has 0 fully saturated rings. The molecule has 0 radical (unpaired) electrons. The van der Waals surface area contributed by atoms with Crippen LogP contribution in [0.5, 0.6) is 11.5 Å². The van der Waals surface area contributed by atoms with E-state index in [-0.39, 0.29) is 5.91 Å². The zero-order valence-corrected chi connectivity index (χ0v) is 17.4. The van der Waals surface area contributed by atoms with Crippen molar-refractivity contribution in [2.75, 3.05) is 43.2 Å². The van der Waals surface area contributed by atoms with Crippen molar-refractivity contribution in [1.29, 1.82) is 0 Å². The van der Waals surface area contributed by atoms with Gasteiger partial charge in [0.25, 0.3) is 0 Å². The van der Waals surface area contributed by atoms with Gasteiger partial charge in [0.1, 0.15) is 0 Å². The zero-order valence-electron chi connectivity index (χ0n) is 17.4. The predicted molar refractivity (Wildman–Crippen MR) is 118 cm³/mol. The van der Waals surface area contributed by atoms with Gasteiger partial charge in [0.15, 0.2) is 23.1 Å². The number of fused-ring (bicyclic) bond motifs is 2. The van der Waals surface area contributed by atoms with E-state index in [4.69, 9.17) is 19.4 Å². The van der Waals surface area contributed by atoms with E-state index < -0.39 is 0 Å². The molecule has 4 rings (SSSR count). The fourth-order valence-corrected chi connectivity index (χ4v) is 3.51. The molecule has 2 aromatic carbocycles. The van der Waals surface area contributed by atoms with Gasteiger partial charge in [-0.05, 0) is 37.6 Å². The minimum atomic E-state index is 0.0376. The lowest BCUT2D eigenvalue weighted by Gasteiger charge is -2.33. The van der Waals surface area contributed by atoms with Crippen LogP contribution in [0, 0.1) is 0 Å². The number of rotatable bonds is 7. The van der Waals surface area contributed by atoms with Gasteiger partial charge in [-0.3, -0.25) is 9.69 Å². The quantitative estimate of drug-likeness (QED) is 0.558. The number of likely N-dealkylation sites (N-methyl/N-ethyl adjacent to an activating group) is 1. The Hall–Kier alpha value is -3.35. The van der Waals surface area contributed by atoms with E-state index in [1.165, 1.54) is 0 Å². The van der Waals surface area contributed by atoms with Crippen LogP contribution >= 0.6 is 0 Å². The molecule has 1 aliphatic rings. The van der Waals surface area contributed by atoms with Crippen molar-refractivity contribution in [3.8, 4) is 11.5 Å². The smallest absolute Gasteiger partial charge is 0.228 e. The van der Waals surface area contributed by atoms with Gasteiger partial charge in [-0.25, -0.2) is 9.97 Å². The molecule has 0 saturated heterocycles. The monoisotopic (exact) mass is 406 g/mol. The van der Waals surface area contributed by atoms with Gasteiger partial charge in [-0.1, -0.05) is 24.3 Å². The first-order valence-corrected chi connectivity index (χ1v) is 10.3. The summed E-state index contributed by atoms with van der Waals surface area (Å²) in [6.45, 7) is 4.29. The minimum Gasteiger partial charge on any atom is -0.490 e. The lowest BCUT2D eigenvalue weighted by molar-refractivity contribution is -0.118. The van der Waals surface area contributed by atoms with Crippen molar-refractivity contribution >= 4 is 28.6 Å². The highest BCUT2D eigenvalue weighted by atomic mass is 16.5. The largest absolute Gasteiger partial charge is 0.490 e. The number of anilines is 2. The fraction of sp³-hybridized carbons (Fsp3) is 0.348. The maximum Gasteiger partial charge on any atom is 0.228 e. The van der Waals surface area contributed by atoms with Crippen LogP contribution in [-0.2, 0) is 4.79 Å². The second-order valence-corrected chi connectivity index (χ2v) is 7.16. The van der Waals surface area contributed by atoms with E-state index in [1.807, 2.05) is 67.4 Å². The van der Waals surface area contributed by atoms with Crippen LogP contribution in [0.15, 0.2) is 48.5 Å². The van der Waals surface area contributed by atoms with Gasteiger partial charge in [-0.2, -0.15) is 0 Å². The molecule has 30 heavy (non-hydrogen) atoms. The molecule has 0 N–H and O–H groups in total. The van der Waals surface area contributed by atoms with Gasteiger partial charge in [-0.15, -0.1) is 0 Å². The van der Waals surface area contributed by atoms with Crippen LogP contribution in [0.3, 0.4) is 0 Å². The number of ether oxygens (including phenoxy) is 2. The first-order valence-electron chi connectivity index (χ1n) is 10.3. The maximum atomic E-state index is 12.9. The van der Waals surface area contributed by atoms with Crippen molar-refractivity contribution in [1.82, 2.24) is 9.97 Å². The average molecular weight is 406 g/mol. The Kier molecular flexibility index (Phi) is 5.97. The van der Waals surface area contributed by atoms with Crippen LogP contribution in [0.2, 0.25) is 0 Å². The summed E-state index contributed by atoms with van der Waals surface area (Å²) < 4.78 is 11.4. The van der Waals surface area contributed by atoms with Gasteiger partial charge in [0, 0.05) is 26.6 Å². The Bertz CT molecular complexity index is 1040. The summed E-state index contributed by atoms with van der Waals surface area (Å²) >= 11 is 0. The molecule has 2 heterocycles. The average Bonchev–Trinajstić information content (AvgIpc) is 2.77. The van der Waals surface area contributed by atoms with E-state index in [1.54, 1.807) is 4.90 Å². The highest BCUT2D eigenvalue weighted by Gasteiger charge is 2.28. The molecule has 3 aromatic rings. The molecule has 7 heteroatoms. The van der Waals surface area contributed by atoms with Gasteiger partial charge < -0.3 is 14.4 Å². The number of aromatic nitrogens is 2. The molecule has 0 saturated carbocycles. The Labute approximate surface area is 176 Å². The maximum absolute atomic E-state index is 12.9. The molecule has 0 unspecified atom stereocenters. The van der Waals surface area contributed by atoms with Crippen LogP contribution in [-0.4, -0.2) is 49.2 Å². The topological polar surface area (TPSA) is 67.8 Å². The number of para-hydroxylation sites is 4. The highest BCUT2D eigenvalue weighted by molar-refractivity contribution is 5.97. The summed E-state index contributed by atoms with van der Waals surface area (Å²) in [6.07, 6.45) is 0.996. The van der Waals surface area contributed by atoms with Gasteiger partial charge >= 0.3 is 0 Å². The number of carbonyl (C=O) groups excluding carboxylic acids is 1. The zero-order chi connectivity index (χ0) is 20.9. The lowest BCUT2D eigenvalue weighted by Crippen LogP contribution is -2.43. The number of carbonyl (C=O) groups is 1. The standard InChI is InChI=1S/C23H26N4O3/c1-3-29-19-11-6-7-12-20(19)30-16-8-13-21(28)27-15-14-26(2)22-23(27)25-18-10-5-4-9-17(18)24-22/h4-7,9-12H,3,8,13-16H2,1-2H3. The van der Waals surface area contributed by atoms with Crippen molar-refractivity contribution in [2.24, 2.45) is 0 Å². The Morgan fingerprint density at radius 3 is 2.27 bits per heavy atom. The molecule has 0 bridgehead atoms. The summed E-state index contributed by atoms with van der Waals surface area (Å²) in [5, 5.41) is 0. The molecule has 1 amide bonds. The number of nitrogens with zero attached hydrogens (tertiary/aromatic N) is 4. The van der Waals surface area contributed by atoms with Crippen LogP contribution in [0.1, 0.15) is 19.8 Å². The summed E-state index contributed by atoms with van der Waals surface area (Å²) in [5.74, 6) is 2.84. The van der Waals surface area contributed by atoms with E-state index in [0.717, 1.165) is 29.1 Å². The first kappa shape index (κ1) is 19.9. The van der Waals surface area contributed by atoms with E-state index in [2.05, 4.69) is 0 Å². The predicted octanol–water partition coefficient (Wildman–Crippen LogP) is 3.67. The minimum absolute atomic E-state index is 0.0376. The molecule has 7 nitrogen and oxygen atoms in total. The Morgan fingerprint density at radius 1 is 0.933 bits per heavy atom. The van der Waals surface area contributed by atoms with Crippen molar-refractivity contribution in [3.05, 3.63) is 48.5 Å². The summed E-state index contributed by atoms with van der Waals surface area (Å²) in [5.41, 5.74) is 1.62. The molecule has 1 aromatic heterocycles. The second kappa shape index (κ2) is 8.98. The van der Waals surface area contributed by atoms with Crippen molar-refractivity contribution < 1.29 is 14.3 Å². The van der Waals surface area contributed by atoms with Crippen molar-refractivity contribution in [2.45, 2.75) is 19.8 Å². The van der Waals surface area contributed by atoms with Crippen LogP contribution in [0.4, 0.5) is 11.6 Å². The first-order chi connectivity index (χ1) is 14.7. The third-order valence-corrected chi connectivity index (χ3v) is 5.05. The number of benzene rings is 2. The van der Waals surface area contributed by atoms with Crippen molar-refractivity contribution in [3.63, 3.8) is 0 Å². The third kappa shape index (κ3) is 4.15. The Balaban J connectivity index is 1.41. The van der Waals surface area contributed by atoms with Gasteiger partial charge in [0.2, 0.25) is 5.91 Å². The molecule has 0 atom stereocenters. The lowest BCUT2D eigenvalue weighted by atomic mass is 10.2. The van der Waals surface area contributed by atoms with Crippen LogP contribution < -0.4 is 19.3 Å². The fourth-order valence-electron chi connectivity index (χ4n) is 3.51. The highest BCUT2D eigenvalue weighted by Crippen LogP contribution is 2.31.